The van der Waals surface area contributed by atoms with Crippen LogP contribution in [-0.2, 0) is 4.74 Å². The molecule has 0 aliphatic carbocycles. The number of aromatic nitrogens is 1. The average molecular weight is 347 g/mol. The van der Waals surface area contributed by atoms with Crippen LogP contribution in [0.5, 0.6) is 0 Å². The third-order valence-corrected chi connectivity index (χ3v) is 3.94. The van der Waals surface area contributed by atoms with Gasteiger partial charge in [0.05, 0.1) is 12.6 Å². The maximum absolute atomic E-state index is 12.8. The van der Waals surface area contributed by atoms with Crippen LogP contribution in [-0.4, -0.2) is 30.1 Å². The Morgan fingerprint density at radius 1 is 1.24 bits per heavy atom. The number of carbonyl (C=O) groups excluding carboxylic acids is 1. The van der Waals surface area contributed by atoms with Crippen LogP contribution in [0, 0.1) is 0 Å². The van der Waals surface area contributed by atoms with Crippen molar-refractivity contribution in [2.24, 2.45) is 0 Å². The van der Waals surface area contributed by atoms with Crippen molar-refractivity contribution in [1.82, 2.24) is 4.98 Å². The number of hydrogen-bond acceptors (Lipinski definition) is 3. The highest BCUT2D eigenvalue weighted by Gasteiger charge is 2.29. The molecule has 3 rings (SSSR count). The first kappa shape index (κ1) is 14.2. The van der Waals surface area contributed by atoms with E-state index in [0.717, 1.165) is 16.6 Å². The van der Waals surface area contributed by atoms with Gasteiger partial charge in [0.15, 0.2) is 0 Å². The number of anilines is 1. The summed E-state index contributed by atoms with van der Waals surface area (Å²) in [6.45, 7) is 1.26. The molecule has 0 saturated carbocycles. The lowest BCUT2D eigenvalue weighted by atomic mass is 10.1. The van der Waals surface area contributed by atoms with E-state index in [-0.39, 0.29) is 11.9 Å². The molecule has 21 heavy (non-hydrogen) atoms. The maximum Gasteiger partial charge on any atom is 0.277 e. The second-order valence-corrected chi connectivity index (χ2v) is 5.81. The summed E-state index contributed by atoms with van der Waals surface area (Å²) >= 11 is 3.34. The fourth-order valence-electron chi connectivity index (χ4n) is 2.43. The molecule has 1 atom stereocenters. The number of hydrogen-bond donors (Lipinski definition) is 0. The Kier molecular flexibility index (Phi) is 4.31. The zero-order valence-electron chi connectivity index (χ0n) is 11.4. The van der Waals surface area contributed by atoms with E-state index in [2.05, 4.69) is 20.9 Å². The Morgan fingerprint density at radius 3 is 2.67 bits per heavy atom. The molecule has 0 unspecified atom stereocenters. The molecule has 4 nitrogen and oxygen atoms in total. The largest absolute Gasteiger partial charge is 0.379 e. The summed E-state index contributed by atoms with van der Waals surface area (Å²) in [6.07, 6.45) is 2.48. The summed E-state index contributed by atoms with van der Waals surface area (Å²) < 4.78 is 6.30. The Balaban J connectivity index is 1.94. The van der Waals surface area contributed by atoms with Crippen LogP contribution < -0.4 is 4.90 Å². The number of benzene rings is 1. The second kappa shape index (κ2) is 6.37. The minimum absolute atomic E-state index is 0.0605. The van der Waals surface area contributed by atoms with Gasteiger partial charge in [0.1, 0.15) is 5.69 Å². The fraction of sp³-hybridized carbons (Fsp3) is 0.250. The number of halogens is 1. The summed E-state index contributed by atoms with van der Waals surface area (Å²) in [5.74, 6) is -0.0933. The van der Waals surface area contributed by atoms with E-state index in [1.165, 1.54) is 0 Å². The van der Waals surface area contributed by atoms with Crippen LogP contribution in [0.2, 0.25) is 0 Å². The van der Waals surface area contributed by atoms with Crippen molar-refractivity contribution in [2.45, 2.75) is 12.5 Å². The molecular formula is C16H15BrN2O2. The predicted octanol–water partition coefficient (Wildman–Crippen LogP) is 3.28. The molecule has 1 fully saturated rings. The number of pyridine rings is 1. The van der Waals surface area contributed by atoms with E-state index in [9.17, 15) is 4.79 Å². The van der Waals surface area contributed by atoms with Crippen LogP contribution >= 0.6 is 15.9 Å². The summed E-state index contributed by atoms with van der Waals surface area (Å²) in [5.41, 5.74) is 1.32. The molecule has 1 aromatic carbocycles. The lowest BCUT2D eigenvalue weighted by Gasteiger charge is -2.27. The molecule has 1 amide bonds. The molecule has 108 valence electrons. The monoisotopic (exact) mass is 346 g/mol. The normalized spacial score (nSPS) is 17.7. The highest BCUT2D eigenvalue weighted by Crippen LogP contribution is 2.24. The summed E-state index contributed by atoms with van der Waals surface area (Å²) in [7, 11) is 0. The average Bonchev–Trinajstić information content (AvgIpc) is 3.03. The molecule has 1 aliphatic rings. The third-order valence-electron chi connectivity index (χ3n) is 3.47. The zero-order valence-corrected chi connectivity index (χ0v) is 13.0. The van der Waals surface area contributed by atoms with Gasteiger partial charge in [-0.25, -0.2) is 4.98 Å². The number of rotatable bonds is 3. The van der Waals surface area contributed by atoms with Crippen molar-refractivity contribution in [3.8, 4) is 0 Å². The Labute approximate surface area is 131 Å². The third kappa shape index (κ3) is 3.14. The van der Waals surface area contributed by atoms with Crippen molar-refractivity contribution in [3.05, 3.63) is 58.8 Å². The van der Waals surface area contributed by atoms with E-state index in [0.29, 0.717) is 18.9 Å². The molecular weight excluding hydrogens is 332 g/mol. The van der Waals surface area contributed by atoms with E-state index < -0.39 is 0 Å². The van der Waals surface area contributed by atoms with Gasteiger partial charge in [-0.2, -0.15) is 0 Å². The minimum Gasteiger partial charge on any atom is -0.379 e. The van der Waals surface area contributed by atoms with Crippen molar-refractivity contribution < 1.29 is 9.53 Å². The molecule has 5 heteroatoms. The Morgan fingerprint density at radius 2 is 2.05 bits per heavy atom. The highest BCUT2D eigenvalue weighted by atomic mass is 79.9. The van der Waals surface area contributed by atoms with Gasteiger partial charge in [-0.1, -0.05) is 18.2 Å². The van der Waals surface area contributed by atoms with E-state index in [4.69, 9.17) is 4.74 Å². The number of ether oxygens (including phenoxy) is 1. The quantitative estimate of drug-likeness (QED) is 0.856. The molecule has 0 bridgehead atoms. The molecule has 2 heterocycles. The number of nitrogens with zero attached hydrogens (tertiary/aromatic N) is 2. The maximum atomic E-state index is 12.8. The van der Waals surface area contributed by atoms with Crippen LogP contribution in [0.3, 0.4) is 0 Å². The second-order valence-electron chi connectivity index (χ2n) is 4.89. The summed E-state index contributed by atoms with van der Waals surface area (Å²) in [6, 6.07) is 13.3. The number of para-hydroxylation sites is 1. The van der Waals surface area contributed by atoms with E-state index in [1.54, 1.807) is 17.2 Å². The van der Waals surface area contributed by atoms with Gasteiger partial charge in [0, 0.05) is 23.0 Å². The van der Waals surface area contributed by atoms with E-state index >= 15 is 0 Å². The van der Waals surface area contributed by atoms with Gasteiger partial charge < -0.3 is 9.64 Å². The molecule has 1 aliphatic heterocycles. The molecule has 1 aromatic heterocycles. The molecule has 1 saturated heterocycles. The van der Waals surface area contributed by atoms with Gasteiger partial charge in [0.2, 0.25) is 0 Å². The van der Waals surface area contributed by atoms with Crippen molar-refractivity contribution in [1.29, 1.82) is 0 Å². The van der Waals surface area contributed by atoms with Crippen LogP contribution in [0.4, 0.5) is 5.69 Å². The first-order chi connectivity index (χ1) is 10.3. The van der Waals surface area contributed by atoms with Gasteiger partial charge in [-0.05, 0) is 46.6 Å². The standard InChI is InChI=1S/C16H15BrN2O2/c17-12-6-7-15(18-10-12)16(20)19(14-8-9-21-11-14)13-4-2-1-3-5-13/h1-7,10,14H,8-9,11H2/t14-/m1/s1. The van der Waals surface area contributed by atoms with Gasteiger partial charge in [-0.3, -0.25) is 4.79 Å². The van der Waals surface area contributed by atoms with Gasteiger partial charge in [0.25, 0.3) is 5.91 Å². The van der Waals surface area contributed by atoms with Crippen molar-refractivity contribution in [3.63, 3.8) is 0 Å². The first-order valence-corrected chi connectivity index (χ1v) is 7.63. The predicted molar refractivity (Wildman–Crippen MR) is 84.4 cm³/mol. The lowest BCUT2D eigenvalue weighted by Crippen LogP contribution is -2.41. The first-order valence-electron chi connectivity index (χ1n) is 6.83. The van der Waals surface area contributed by atoms with Gasteiger partial charge in [-0.15, -0.1) is 0 Å². The smallest absolute Gasteiger partial charge is 0.277 e. The lowest BCUT2D eigenvalue weighted by molar-refractivity contribution is 0.0967. The van der Waals surface area contributed by atoms with Crippen LogP contribution in [0.15, 0.2) is 53.1 Å². The SMILES string of the molecule is O=C(c1ccc(Br)cn1)N(c1ccccc1)[C@@H]1CCOC1. The van der Waals surface area contributed by atoms with Gasteiger partial charge >= 0.3 is 0 Å². The molecule has 0 spiro atoms. The topological polar surface area (TPSA) is 42.4 Å². The number of carbonyl (C=O) groups is 1. The summed E-state index contributed by atoms with van der Waals surface area (Å²) in [4.78, 5) is 18.8. The molecule has 0 N–H and O–H groups in total. The van der Waals surface area contributed by atoms with Crippen LogP contribution in [0.25, 0.3) is 0 Å². The summed E-state index contributed by atoms with van der Waals surface area (Å²) in [5, 5.41) is 0. The van der Waals surface area contributed by atoms with Crippen LogP contribution in [0.1, 0.15) is 16.9 Å². The number of amides is 1. The minimum atomic E-state index is -0.0933. The van der Waals surface area contributed by atoms with Crippen molar-refractivity contribution >= 4 is 27.5 Å². The Bertz CT molecular complexity index is 610. The fourth-order valence-corrected chi connectivity index (χ4v) is 2.67. The van der Waals surface area contributed by atoms with Crippen molar-refractivity contribution in [2.75, 3.05) is 18.1 Å². The highest BCUT2D eigenvalue weighted by molar-refractivity contribution is 9.10. The zero-order chi connectivity index (χ0) is 14.7. The molecule has 0 radical (unpaired) electrons. The Hall–Kier alpha value is -1.72. The molecule has 2 aromatic rings. The van der Waals surface area contributed by atoms with E-state index in [1.807, 2.05) is 36.4 Å².